The molecular weight excluding hydrogens is 352 g/mol. The number of hydrogen-bond acceptors (Lipinski definition) is 3. The third-order valence-corrected chi connectivity index (χ3v) is 4.95. The fourth-order valence-electron chi connectivity index (χ4n) is 2.64. The first-order chi connectivity index (χ1) is 11.4. The second-order valence-electron chi connectivity index (χ2n) is 5.40. The normalized spacial score (nSPS) is 15.2. The molecule has 1 heterocycles. The van der Waals surface area contributed by atoms with E-state index in [1.54, 1.807) is 30.3 Å². The Morgan fingerprint density at radius 2 is 1.83 bits per heavy atom. The van der Waals surface area contributed by atoms with Crippen LogP contribution in [0, 0.1) is 0 Å². The molecule has 24 heavy (non-hydrogen) atoms. The largest absolute Gasteiger partial charge is 0.338 e. The third-order valence-electron chi connectivity index (χ3n) is 3.79. The van der Waals surface area contributed by atoms with Crippen LogP contribution in [0.25, 0.3) is 11.1 Å². The van der Waals surface area contributed by atoms with Crippen molar-refractivity contribution in [1.29, 1.82) is 0 Å². The van der Waals surface area contributed by atoms with Gasteiger partial charge in [0.2, 0.25) is 0 Å². The number of hydrogen-bond donors (Lipinski definition) is 2. The highest BCUT2D eigenvalue weighted by Crippen LogP contribution is 2.32. The summed E-state index contributed by atoms with van der Waals surface area (Å²) in [6.45, 7) is 1.15. The standard InChI is InChI=1S/C16H15ClN2O4S/c17-12-4-2-11(3-5-12)14-10-13(6-7-15(14)24(21,22)23)19-9-1-8-18-16(19)20/h2-7,10H,1,8-9H2,(H,18,20)(H,21,22,23). The van der Waals surface area contributed by atoms with Crippen LogP contribution in [0.3, 0.4) is 0 Å². The molecule has 0 spiro atoms. The Hall–Kier alpha value is -2.09. The molecular formula is C16H15ClN2O4S. The number of carbonyl (C=O) groups excluding carboxylic acids is 1. The quantitative estimate of drug-likeness (QED) is 0.817. The Labute approximate surface area is 144 Å². The minimum Gasteiger partial charge on any atom is -0.338 e. The smallest absolute Gasteiger partial charge is 0.321 e. The fraction of sp³-hybridized carbons (Fsp3) is 0.188. The summed E-state index contributed by atoms with van der Waals surface area (Å²) in [4.78, 5) is 13.3. The second-order valence-corrected chi connectivity index (χ2v) is 7.23. The van der Waals surface area contributed by atoms with Gasteiger partial charge in [-0.25, -0.2) is 4.79 Å². The number of amides is 2. The average molecular weight is 367 g/mol. The van der Waals surface area contributed by atoms with E-state index in [2.05, 4.69) is 5.32 Å². The van der Waals surface area contributed by atoms with Crippen molar-refractivity contribution < 1.29 is 17.8 Å². The van der Waals surface area contributed by atoms with E-state index in [0.717, 1.165) is 6.42 Å². The van der Waals surface area contributed by atoms with Gasteiger partial charge in [-0.1, -0.05) is 23.7 Å². The molecule has 2 aromatic rings. The summed E-state index contributed by atoms with van der Waals surface area (Å²) in [6, 6.07) is 10.7. The number of rotatable bonds is 3. The van der Waals surface area contributed by atoms with Crippen molar-refractivity contribution >= 4 is 33.4 Å². The number of nitrogens with zero attached hydrogens (tertiary/aromatic N) is 1. The zero-order valence-corrected chi connectivity index (χ0v) is 14.1. The maximum atomic E-state index is 12.0. The van der Waals surface area contributed by atoms with Crippen molar-refractivity contribution in [3.8, 4) is 11.1 Å². The van der Waals surface area contributed by atoms with E-state index < -0.39 is 10.1 Å². The molecule has 0 radical (unpaired) electrons. The molecule has 0 aromatic heterocycles. The number of nitrogens with one attached hydrogen (secondary N) is 1. The molecule has 1 aliphatic heterocycles. The zero-order chi connectivity index (χ0) is 17.3. The molecule has 1 aliphatic rings. The SMILES string of the molecule is O=C1NCCCN1c1ccc(S(=O)(=O)O)c(-c2ccc(Cl)cc2)c1. The molecule has 1 saturated heterocycles. The summed E-state index contributed by atoms with van der Waals surface area (Å²) in [5, 5.41) is 3.26. The van der Waals surface area contributed by atoms with Crippen LogP contribution in [-0.2, 0) is 10.1 Å². The Morgan fingerprint density at radius 3 is 2.46 bits per heavy atom. The van der Waals surface area contributed by atoms with Gasteiger partial charge in [0, 0.05) is 29.4 Å². The molecule has 126 valence electrons. The molecule has 8 heteroatoms. The molecule has 2 aromatic carbocycles. The molecule has 3 rings (SSSR count). The number of benzene rings is 2. The van der Waals surface area contributed by atoms with E-state index in [4.69, 9.17) is 11.6 Å². The lowest BCUT2D eigenvalue weighted by molar-refractivity contribution is 0.243. The molecule has 6 nitrogen and oxygen atoms in total. The molecule has 0 bridgehead atoms. The lowest BCUT2D eigenvalue weighted by Crippen LogP contribution is -2.46. The summed E-state index contributed by atoms with van der Waals surface area (Å²) in [7, 11) is -4.40. The molecule has 0 saturated carbocycles. The first-order valence-electron chi connectivity index (χ1n) is 7.29. The number of anilines is 1. The number of carbonyl (C=O) groups is 1. The Bertz CT molecular complexity index is 881. The van der Waals surface area contributed by atoms with Crippen molar-refractivity contribution in [1.82, 2.24) is 5.32 Å². The Balaban J connectivity index is 2.14. The first-order valence-corrected chi connectivity index (χ1v) is 9.11. The molecule has 0 atom stereocenters. The molecule has 1 fully saturated rings. The van der Waals surface area contributed by atoms with Gasteiger partial charge in [-0.2, -0.15) is 8.42 Å². The van der Waals surface area contributed by atoms with Crippen molar-refractivity contribution in [3.05, 3.63) is 47.5 Å². The second kappa shape index (κ2) is 6.43. The summed E-state index contributed by atoms with van der Waals surface area (Å²) in [5.74, 6) is 0. The Kier molecular flexibility index (Phi) is 4.49. The maximum Gasteiger partial charge on any atom is 0.321 e. The average Bonchev–Trinajstić information content (AvgIpc) is 2.54. The van der Waals surface area contributed by atoms with Gasteiger partial charge >= 0.3 is 6.03 Å². The van der Waals surface area contributed by atoms with Crippen LogP contribution in [0.2, 0.25) is 5.02 Å². The van der Waals surface area contributed by atoms with Gasteiger partial charge < -0.3 is 5.32 Å². The maximum absolute atomic E-state index is 12.0. The molecule has 2 N–H and O–H groups in total. The van der Waals surface area contributed by atoms with Crippen molar-refractivity contribution in [2.75, 3.05) is 18.0 Å². The van der Waals surface area contributed by atoms with E-state index in [1.165, 1.54) is 17.0 Å². The highest BCUT2D eigenvalue weighted by Gasteiger charge is 2.23. The Morgan fingerprint density at radius 1 is 1.12 bits per heavy atom. The van der Waals surface area contributed by atoms with Crippen LogP contribution in [0.5, 0.6) is 0 Å². The molecule has 0 aliphatic carbocycles. The number of urea groups is 1. The van der Waals surface area contributed by atoms with E-state index in [0.29, 0.717) is 34.9 Å². The van der Waals surface area contributed by atoms with E-state index in [9.17, 15) is 17.8 Å². The third kappa shape index (κ3) is 3.38. The summed E-state index contributed by atoms with van der Waals surface area (Å²) in [5.41, 5.74) is 1.45. The molecule has 0 unspecified atom stereocenters. The zero-order valence-electron chi connectivity index (χ0n) is 12.6. The molecule has 2 amide bonds. The van der Waals surface area contributed by atoms with Gasteiger partial charge in [0.05, 0.1) is 0 Å². The summed E-state index contributed by atoms with van der Waals surface area (Å²) >= 11 is 5.87. The lowest BCUT2D eigenvalue weighted by atomic mass is 10.0. The first kappa shape index (κ1) is 16.8. The minimum absolute atomic E-state index is 0.217. The van der Waals surface area contributed by atoms with Gasteiger partial charge in [-0.3, -0.25) is 9.45 Å². The highest BCUT2D eigenvalue weighted by atomic mass is 35.5. The van der Waals surface area contributed by atoms with Gasteiger partial charge in [-0.05, 0) is 42.3 Å². The van der Waals surface area contributed by atoms with Crippen LogP contribution < -0.4 is 10.2 Å². The predicted octanol–water partition coefficient (Wildman–Crippen LogP) is 3.17. The summed E-state index contributed by atoms with van der Waals surface area (Å²) in [6.07, 6.45) is 0.794. The van der Waals surface area contributed by atoms with Crippen molar-refractivity contribution in [2.45, 2.75) is 11.3 Å². The van der Waals surface area contributed by atoms with Crippen LogP contribution in [0.15, 0.2) is 47.4 Å². The van der Waals surface area contributed by atoms with E-state index in [1.807, 2.05) is 0 Å². The van der Waals surface area contributed by atoms with Crippen LogP contribution in [-0.4, -0.2) is 32.1 Å². The van der Waals surface area contributed by atoms with Gasteiger partial charge in [0.15, 0.2) is 0 Å². The highest BCUT2D eigenvalue weighted by molar-refractivity contribution is 7.86. The van der Waals surface area contributed by atoms with E-state index >= 15 is 0 Å². The topological polar surface area (TPSA) is 86.7 Å². The van der Waals surface area contributed by atoms with Crippen LogP contribution in [0.4, 0.5) is 10.5 Å². The predicted molar refractivity (Wildman–Crippen MR) is 92.1 cm³/mol. The van der Waals surface area contributed by atoms with Gasteiger partial charge in [-0.15, -0.1) is 0 Å². The minimum atomic E-state index is -4.40. The van der Waals surface area contributed by atoms with Gasteiger partial charge in [0.1, 0.15) is 4.90 Å². The summed E-state index contributed by atoms with van der Waals surface area (Å²) < 4.78 is 32.9. The fourth-order valence-corrected chi connectivity index (χ4v) is 3.46. The van der Waals surface area contributed by atoms with Crippen LogP contribution >= 0.6 is 11.6 Å². The number of halogens is 1. The van der Waals surface area contributed by atoms with Gasteiger partial charge in [0.25, 0.3) is 10.1 Å². The lowest BCUT2D eigenvalue weighted by Gasteiger charge is -2.28. The van der Waals surface area contributed by atoms with Crippen molar-refractivity contribution in [3.63, 3.8) is 0 Å². The van der Waals surface area contributed by atoms with E-state index in [-0.39, 0.29) is 10.9 Å². The van der Waals surface area contributed by atoms with Crippen molar-refractivity contribution in [2.24, 2.45) is 0 Å². The van der Waals surface area contributed by atoms with Crippen LogP contribution in [0.1, 0.15) is 6.42 Å². The monoisotopic (exact) mass is 366 g/mol.